The molecule has 1 aliphatic carbocycles. The van der Waals surface area contributed by atoms with Crippen molar-refractivity contribution in [3.05, 3.63) is 29.8 Å². The molecule has 1 aromatic carbocycles. The van der Waals surface area contributed by atoms with Gasteiger partial charge in [0, 0.05) is 49.5 Å². The number of amides is 3. The summed E-state index contributed by atoms with van der Waals surface area (Å²) in [5.74, 6) is -0.0471. The molecule has 1 aromatic rings. The van der Waals surface area contributed by atoms with E-state index in [4.69, 9.17) is 0 Å². The molecule has 6 heteroatoms. The summed E-state index contributed by atoms with van der Waals surface area (Å²) in [6.45, 7) is 3.34. The summed E-state index contributed by atoms with van der Waals surface area (Å²) in [4.78, 5) is 28.4. The summed E-state index contributed by atoms with van der Waals surface area (Å²) in [6.07, 6.45) is 3.64. The van der Waals surface area contributed by atoms with Gasteiger partial charge in [-0.3, -0.25) is 14.6 Å². The van der Waals surface area contributed by atoms with Gasteiger partial charge in [0.1, 0.15) is 0 Å². The Labute approximate surface area is 135 Å². The second-order valence-electron chi connectivity index (χ2n) is 6.62. The molecule has 0 radical (unpaired) electrons. The predicted molar refractivity (Wildman–Crippen MR) is 87.7 cm³/mol. The minimum absolute atomic E-state index is 0.0471. The molecule has 2 aliphatic heterocycles. The second-order valence-corrected chi connectivity index (χ2v) is 6.62. The van der Waals surface area contributed by atoms with Gasteiger partial charge in [-0.05, 0) is 37.5 Å². The van der Waals surface area contributed by atoms with Crippen molar-refractivity contribution < 1.29 is 9.59 Å². The first-order valence-corrected chi connectivity index (χ1v) is 8.41. The lowest BCUT2D eigenvalue weighted by Crippen LogP contribution is -2.37. The number of anilines is 1. The molecule has 4 rings (SSSR count). The fourth-order valence-corrected chi connectivity index (χ4v) is 3.48. The van der Waals surface area contributed by atoms with E-state index in [1.54, 1.807) is 17.0 Å². The van der Waals surface area contributed by atoms with Gasteiger partial charge in [0.15, 0.2) is 0 Å². The van der Waals surface area contributed by atoms with Crippen molar-refractivity contribution in [2.45, 2.75) is 31.3 Å². The van der Waals surface area contributed by atoms with Crippen molar-refractivity contribution in [3.8, 4) is 0 Å². The SMILES string of the molecule is O=C(NC1CCN(C2CC2)C1)c1cccc(N2CCNC2=O)c1. The highest BCUT2D eigenvalue weighted by Gasteiger charge is 2.34. The summed E-state index contributed by atoms with van der Waals surface area (Å²) in [7, 11) is 0. The zero-order chi connectivity index (χ0) is 15.8. The predicted octanol–water partition coefficient (Wildman–Crippen LogP) is 1.18. The zero-order valence-corrected chi connectivity index (χ0v) is 13.1. The van der Waals surface area contributed by atoms with Gasteiger partial charge in [0.25, 0.3) is 5.91 Å². The molecule has 2 saturated heterocycles. The van der Waals surface area contributed by atoms with Crippen LogP contribution in [0.1, 0.15) is 29.6 Å². The van der Waals surface area contributed by atoms with Crippen LogP contribution in [-0.4, -0.2) is 55.1 Å². The monoisotopic (exact) mass is 314 g/mol. The highest BCUT2D eigenvalue weighted by molar-refractivity contribution is 5.98. The Bertz CT molecular complexity index is 629. The van der Waals surface area contributed by atoms with E-state index in [2.05, 4.69) is 15.5 Å². The van der Waals surface area contributed by atoms with Gasteiger partial charge in [-0.15, -0.1) is 0 Å². The lowest BCUT2D eigenvalue weighted by atomic mass is 10.1. The van der Waals surface area contributed by atoms with Crippen LogP contribution in [-0.2, 0) is 0 Å². The number of urea groups is 1. The third-order valence-electron chi connectivity index (χ3n) is 4.89. The molecule has 2 N–H and O–H groups in total. The van der Waals surface area contributed by atoms with Crippen LogP contribution in [0.3, 0.4) is 0 Å². The molecular formula is C17H22N4O2. The Balaban J connectivity index is 1.41. The van der Waals surface area contributed by atoms with Crippen LogP contribution in [0.25, 0.3) is 0 Å². The average Bonchev–Trinajstić information content (AvgIpc) is 3.16. The van der Waals surface area contributed by atoms with Gasteiger partial charge in [-0.1, -0.05) is 6.07 Å². The highest BCUT2D eigenvalue weighted by atomic mass is 16.2. The lowest BCUT2D eigenvalue weighted by Gasteiger charge is -2.17. The maximum Gasteiger partial charge on any atom is 0.321 e. The molecule has 0 bridgehead atoms. The summed E-state index contributed by atoms with van der Waals surface area (Å²) in [5, 5.41) is 5.91. The van der Waals surface area contributed by atoms with Crippen molar-refractivity contribution >= 4 is 17.6 Å². The van der Waals surface area contributed by atoms with E-state index in [1.165, 1.54) is 12.8 Å². The molecule has 122 valence electrons. The third-order valence-corrected chi connectivity index (χ3v) is 4.89. The van der Waals surface area contributed by atoms with Crippen LogP contribution in [0.2, 0.25) is 0 Å². The number of likely N-dealkylation sites (tertiary alicyclic amines) is 1. The van der Waals surface area contributed by atoms with Gasteiger partial charge in [-0.25, -0.2) is 4.79 Å². The van der Waals surface area contributed by atoms with E-state index < -0.39 is 0 Å². The van der Waals surface area contributed by atoms with Gasteiger partial charge >= 0.3 is 6.03 Å². The van der Waals surface area contributed by atoms with Crippen molar-refractivity contribution in [2.24, 2.45) is 0 Å². The topological polar surface area (TPSA) is 64.7 Å². The minimum atomic E-state index is -0.0987. The molecule has 6 nitrogen and oxygen atoms in total. The third kappa shape index (κ3) is 3.03. The molecule has 1 atom stereocenters. The van der Waals surface area contributed by atoms with Crippen LogP contribution in [0, 0.1) is 0 Å². The van der Waals surface area contributed by atoms with Gasteiger partial charge in [-0.2, -0.15) is 0 Å². The second kappa shape index (κ2) is 5.85. The Morgan fingerprint density at radius 2 is 2.09 bits per heavy atom. The number of benzene rings is 1. The number of carbonyl (C=O) groups excluding carboxylic acids is 2. The largest absolute Gasteiger partial charge is 0.348 e. The standard InChI is InChI=1S/C17H22N4O2/c22-16(19-13-6-8-20(11-13)14-4-5-14)12-2-1-3-15(10-12)21-9-7-18-17(21)23/h1-3,10,13-14H,4-9,11H2,(H,18,23)(H,19,22). The van der Waals surface area contributed by atoms with Crippen LogP contribution < -0.4 is 15.5 Å². The van der Waals surface area contributed by atoms with Crippen LogP contribution in [0.15, 0.2) is 24.3 Å². The zero-order valence-electron chi connectivity index (χ0n) is 13.1. The molecule has 0 spiro atoms. The van der Waals surface area contributed by atoms with Crippen molar-refractivity contribution in [1.29, 1.82) is 0 Å². The molecule has 3 amide bonds. The van der Waals surface area contributed by atoms with Gasteiger partial charge in [0.2, 0.25) is 0 Å². The maximum atomic E-state index is 12.5. The first-order valence-electron chi connectivity index (χ1n) is 8.41. The maximum absolute atomic E-state index is 12.5. The number of rotatable bonds is 4. The molecule has 1 unspecified atom stereocenters. The Hall–Kier alpha value is -2.08. The number of carbonyl (C=O) groups is 2. The summed E-state index contributed by atoms with van der Waals surface area (Å²) in [5.41, 5.74) is 1.39. The van der Waals surface area contributed by atoms with Gasteiger partial charge in [0.05, 0.1) is 0 Å². The quantitative estimate of drug-likeness (QED) is 0.877. The first kappa shape index (κ1) is 14.5. The van der Waals surface area contributed by atoms with E-state index in [9.17, 15) is 9.59 Å². The van der Waals surface area contributed by atoms with Crippen molar-refractivity contribution in [2.75, 3.05) is 31.1 Å². The first-order chi connectivity index (χ1) is 11.2. The average molecular weight is 314 g/mol. The summed E-state index contributed by atoms with van der Waals surface area (Å²) >= 11 is 0. The number of nitrogens with one attached hydrogen (secondary N) is 2. The molecule has 23 heavy (non-hydrogen) atoms. The lowest BCUT2D eigenvalue weighted by molar-refractivity contribution is 0.0937. The summed E-state index contributed by atoms with van der Waals surface area (Å²) < 4.78 is 0. The number of hydrogen-bond acceptors (Lipinski definition) is 3. The van der Waals surface area contributed by atoms with E-state index in [-0.39, 0.29) is 18.0 Å². The van der Waals surface area contributed by atoms with E-state index in [0.717, 1.165) is 31.2 Å². The van der Waals surface area contributed by atoms with E-state index in [0.29, 0.717) is 18.7 Å². The van der Waals surface area contributed by atoms with Crippen LogP contribution >= 0.6 is 0 Å². The molecule has 1 saturated carbocycles. The highest BCUT2D eigenvalue weighted by Crippen LogP contribution is 2.29. The van der Waals surface area contributed by atoms with E-state index >= 15 is 0 Å². The minimum Gasteiger partial charge on any atom is -0.348 e. The van der Waals surface area contributed by atoms with Gasteiger partial charge < -0.3 is 10.6 Å². The fraction of sp³-hybridized carbons (Fsp3) is 0.529. The number of nitrogens with zero attached hydrogens (tertiary/aromatic N) is 2. The molecule has 3 aliphatic rings. The number of hydrogen-bond donors (Lipinski definition) is 2. The summed E-state index contributed by atoms with van der Waals surface area (Å²) in [6, 6.07) is 8.20. The van der Waals surface area contributed by atoms with Crippen LogP contribution in [0.5, 0.6) is 0 Å². The normalized spacial score (nSPS) is 24.8. The molecule has 0 aromatic heterocycles. The molecule has 2 heterocycles. The van der Waals surface area contributed by atoms with Crippen LogP contribution in [0.4, 0.5) is 10.5 Å². The fourth-order valence-electron chi connectivity index (χ4n) is 3.48. The molecule has 3 fully saturated rings. The van der Waals surface area contributed by atoms with Crippen molar-refractivity contribution in [1.82, 2.24) is 15.5 Å². The smallest absolute Gasteiger partial charge is 0.321 e. The Morgan fingerprint density at radius 1 is 1.22 bits per heavy atom. The Morgan fingerprint density at radius 3 is 2.83 bits per heavy atom. The van der Waals surface area contributed by atoms with Crippen molar-refractivity contribution in [3.63, 3.8) is 0 Å². The van der Waals surface area contributed by atoms with E-state index in [1.807, 2.05) is 12.1 Å². The Kier molecular flexibility index (Phi) is 3.69. The molecular weight excluding hydrogens is 292 g/mol.